The van der Waals surface area contributed by atoms with Crippen LogP contribution < -0.4 is 28.9 Å². The van der Waals surface area contributed by atoms with E-state index in [0.717, 1.165) is 13.1 Å². The first-order valence-corrected chi connectivity index (χ1v) is 5.27. The summed E-state index contributed by atoms with van der Waals surface area (Å²) in [7, 11) is 0. The number of esters is 1. The minimum absolute atomic E-state index is 0. The molecule has 4 heteroatoms. The molecule has 1 fully saturated rings. The Balaban J connectivity index is 0.00000169. The van der Waals surface area contributed by atoms with E-state index in [9.17, 15) is 4.79 Å². The van der Waals surface area contributed by atoms with Gasteiger partial charge >= 0.3 is 5.97 Å². The molecule has 0 spiro atoms. The summed E-state index contributed by atoms with van der Waals surface area (Å²) in [5, 5.41) is 0. The zero-order chi connectivity index (χ0) is 9.68. The number of nitrogens with one attached hydrogen (secondary N) is 1. The Hall–Kier alpha value is 0.160. The molecule has 0 aliphatic carbocycles. The molecule has 1 rings (SSSR count). The summed E-state index contributed by atoms with van der Waals surface area (Å²) >= 11 is 0. The summed E-state index contributed by atoms with van der Waals surface area (Å²) in [6.45, 7) is 6.57. The minimum atomic E-state index is -0.0422. The van der Waals surface area contributed by atoms with Gasteiger partial charge in [-0.05, 0) is 33.1 Å². The molecular weight excluding hydrogens is 293 g/mol. The lowest BCUT2D eigenvalue weighted by Crippen LogP contribution is -3.17. The smallest absolute Gasteiger partial charge is 0.364 e. The van der Waals surface area contributed by atoms with Gasteiger partial charge in [0.05, 0.1) is 19.7 Å². The van der Waals surface area contributed by atoms with Crippen LogP contribution in [0.3, 0.4) is 0 Å². The van der Waals surface area contributed by atoms with E-state index in [1.54, 1.807) is 0 Å². The molecule has 1 saturated heterocycles. The highest BCUT2D eigenvalue weighted by Gasteiger charge is 2.27. The number of quaternary nitrogens is 1. The normalized spacial score (nSPS) is 19.6. The average Bonchev–Trinajstić information content (AvgIpc) is 2.18. The van der Waals surface area contributed by atoms with Gasteiger partial charge in [0, 0.05) is 0 Å². The van der Waals surface area contributed by atoms with Gasteiger partial charge in [-0.2, -0.15) is 0 Å². The third-order valence-corrected chi connectivity index (χ3v) is 2.75. The van der Waals surface area contributed by atoms with E-state index in [1.807, 2.05) is 13.8 Å². The van der Waals surface area contributed by atoms with Gasteiger partial charge in [-0.25, -0.2) is 4.79 Å². The van der Waals surface area contributed by atoms with Crippen LogP contribution in [0.25, 0.3) is 0 Å². The lowest BCUT2D eigenvalue weighted by molar-refractivity contribution is -0.919. The Kier molecular flexibility index (Phi) is 7.54. The van der Waals surface area contributed by atoms with E-state index in [0.29, 0.717) is 6.61 Å². The number of halogens is 1. The Morgan fingerprint density at radius 2 is 1.93 bits per heavy atom. The molecule has 1 N–H and O–H groups in total. The third-order valence-electron chi connectivity index (χ3n) is 2.75. The van der Waals surface area contributed by atoms with E-state index < -0.39 is 0 Å². The Morgan fingerprint density at radius 3 is 2.43 bits per heavy atom. The molecule has 1 heterocycles. The maximum absolute atomic E-state index is 11.4. The number of hydrogen-bond donors (Lipinski definition) is 1. The monoisotopic (exact) mass is 313 g/mol. The molecule has 1 atom stereocenters. The van der Waals surface area contributed by atoms with Crippen molar-refractivity contribution in [1.82, 2.24) is 0 Å². The van der Waals surface area contributed by atoms with Crippen LogP contribution in [-0.4, -0.2) is 31.7 Å². The molecule has 84 valence electrons. The maximum atomic E-state index is 11.4. The van der Waals surface area contributed by atoms with Crippen LogP contribution in [0, 0.1) is 0 Å². The summed E-state index contributed by atoms with van der Waals surface area (Å²) < 4.78 is 5.00. The Labute approximate surface area is 103 Å². The van der Waals surface area contributed by atoms with Gasteiger partial charge in [0.1, 0.15) is 0 Å². The zero-order valence-corrected chi connectivity index (χ0v) is 11.2. The average molecular weight is 313 g/mol. The summed E-state index contributed by atoms with van der Waals surface area (Å²) in [6.07, 6.45) is 3.82. The number of piperidine rings is 1. The fourth-order valence-corrected chi connectivity index (χ4v) is 1.87. The molecule has 0 radical (unpaired) electrons. The van der Waals surface area contributed by atoms with Gasteiger partial charge in [0.25, 0.3) is 0 Å². The van der Waals surface area contributed by atoms with Crippen LogP contribution in [-0.2, 0) is 9.53 Å². The summed E-state index contributed by atoms with van der Waals surface area (Å²) in [6, 6.07) is 0.0280. The first kappa shape index (κ1) is 14.2. The third kappa shape index (κ3) is 4.13. The van der Waals surface area contributed by atoms with Crippen molar-refractivity contribution in [3.63, 3.8) is 0 Å². The highest BCUT2D eigenvalue weighted by molar-refractivity contribution is 5.73. The number of hydrogen-bond acceptors (Lipinski definition) is 2. The number of rotatable bonds is 3. The van der Waals surface area contributed by atoms with Crippen molar-refractivity contribution < 1.29 is 38.4 Å². The van der Waals surface area contributed by atoms with Crippen molar-refractivity contribution in [3.05, 3.63) is 0 Å². The fraction of sp³-hybridized carbons (Fsp3) is 0.900. The fourth-order valence-electron chi connectivity index (χ4n) is 1.87. The van der Waals surface area contributed by atoms with E-state index in [2.05, 4.69) is 0 Å². The van der Waals surface area contributed by atoms with Gasteiger partial charge in [-0.15, -0.1) is 0 Å². The first-order valence-electron chi connectivity index (χ1n) is 5.27. The predicted octanol–water partition coefficient (Wildman–Crippen LogP) is -2.99. The topological polar surface area (TPSA) is 30.7 Å². The minimum Gasteiger partial charge on any atom is -1.00 e. The largest absolute Gasteiger partial charge is 1.00 e. The lowest BCUT2D eigenvalue weighted by atomic mass is 10.1. The summed E-state index contributed by atoms with van der Waals surface area (Å²) in [5.41, 5.74) is 0. The number of ether oxygens (including phenoxy) is 1. The molecule has 1 aliphatic heterocycles. The predicted molar refractivity (Wildman–Crippen MR) is 50.6 cm³/mol. The van der Waals surface area contributed by atoms with E-state index in [1.165, 1.54) is 24.2 Å². The van der Waals surface area contributed by atoms with E-state index >= 15 is 0 Å². The number of likely N-dealkylation sites (tertiary alicyclic amines) is 1. The summed E-state index contributed by atoms with van der Waals surface area (Å²) in [4.78, 5) is 12.8. The molecule has 0 bridgehead atoms. The van der Waals surface area contributed by atoms with Gasteiger partial charge in [-0.1, -0.05) is 0 Å². The lowest BCUT2D eigenvalue weighted by Gasteiger charge is -2.27. The molecule has 3 nitrogen and oxygen atoms in total. The van der Waals surface area contributed by atoms with Crippen molar-refractivity contribution in [2.45, 2.75) is 39.2 Å². The highest BCUT2D eigenvalue weighted by atomic mass is 127. The molecule has 0 saturated carbocycles. The van der Waals surface area contributed by atoms with Crippen molar-refractivity contribution >= 4 is 5.97 Å². The molecule has 0 aromatic rings. The first-order chi connectivity index (χ1) is 6.25. The van der Waals surface area contributed by atoms with E-state index in [4.69, 9.17) is 4.74 Å². The highest BCUT2D eigenvalue weighted by Crippen LogP contribution is 1.96. The SMILES string of the molecule is CCOC(=O)C(C)[NH+]1CCCCC1.[I-]. The maximum Gasteiger partial charge on any atom is 0.364 e. The summed E-state index contributed by atoms with van der Waals surface area (Å²) in [5.74, 6) is -0.0422. The van der Waals surface area contributed by atoms with Crippen LogP contribution in [0.2, 0.25) is 0 Å². The Bertz CT molecular complexity index is 170. The molecule has 0 amide bonds. The van der Waals surface area contributed by atoms with Crippen molar-refractivity contribution in [2.75, 3.05) is 19.7 Å². The van der Waals surface area contributed by atoms with Crippen molar-refractivity contribution in [2.24, 2.45) is 0 Å². The van der Waals surface area contributed by atoms with Gasteiger partial charge in [-0.3, -0.25) is 0 Å². The molecular formula is C10H20INO2. The van der Waals surface area contributed by atoms with Crippen LogP contribution >= 0.6 is 0 Å². The quantitative estimate of drug-likeness (QED) is 0.445. The van der Waals surface area contributed by atoms with Crippen LogP contribution in [0.15, 0.2) is 0 Å². The van der Waals surface area contributed by atoms with Crippen LogP contribution in [0.5, 0.6) is 0 Å². The standard InChI is InChI=1S/C10H19NO2.HI/c1-3-13-10(12)9(2)11-7-5-4-6-8-11;/h9H,3-8H2,1-2H3;1H. The molecule has 0 aromatic heterocycles. The number of carbonyl (C=O) groups excluding carboxylic acids is 1. The van der Waals surface area contributed by atoms with Gasteiger partial charge in [0.2, 0.25) is 0 Å². The molecule has 1 unspecified atom stereocenters. The molecule has 14 heavy (non-hydrogen) atoms. The van der Waals surface area contributed by atoms with Crippen molar-refractivity contribution in [3.8, 4) is 0 Å². The Morgan fingerprint density at radius 1 is 1.36 bits per heavy atom. The number of carbonyl (C=O) groups is 1. The van der Waals surface area contributed by atoms with Crippen LogP contribution in [0.1, 0.15) is 33.1 Å². The second-order valence-electron chi connectivity index (χ2n) is 3.69. The van der Waals surface area contributed by atoms with Crippen molar-refractivity contribution in [1.29, 1.82) is 0 Å². The zero-order valence-electron chi connectivity index (χ0n) is 9.01. The van der Waals surface area contributed by atoms with Gasteiger partial charge in [0.15, 0.2) is 6.04 Å². The molecule has 1 aliphatic rings. The second kappa shape index (κ2) is 7.45. The second-order valence-corrected chi connectivity index (χ2v) is 3.69. The van der Waals surface area contributed by atoms with Crippen LogP contribution in [0.4, 0.5) is 0 Å². The van der Waals surface area contributed by atoms with E-state index in [-0.39, 0.29) is 36.0 Å². The van der Waals surface area contributed by atoms with Gasteiger partial charge < -0.3 is 33.6 Å². The molecule has 0 aromatic carbocycles.